The molecule has 1 N–H and O–H groups in total. The molecule has 0 saturated heterocycles. The highest BCUT2D eigenvalue weighted by Gasteiger charge is 2.25. The number of benzene rings is 1. The van der Waals surface area contributed by atoms with Crippen molar-refractivity contribution in [2.45, 2.75) is 25.4 Å². The van der Waals surface area contributed by atoms with Gasteiger partial charge in [-0.05, 0) is 63.0 Å². The summed E-state index contributed by atoms with van der Waals surface area (Å²) in [7, 11) is 1.98. The lowest BCUT2D eigenvalue weighted by molar-refractivity contribution is 0.204. The molecule has 2 atom stereocenters. The van der Waals surface area contributed by atoms with E-state index in [0.29, 0.717) is 6.10 Å². The predicted molar refractivity (Wildman–Crippen MR) is 62.1 cm³/mol. The Hall–Kier alpha value is -1.09. The molecule has 0 spiro atoms. The molecule has 2 nitrogen and oxygen atoms in total. The van der Waals surface area contributed by atoms with Crippen LogP contribution in [-0.2, 0) is 0 Å². The van der Waals surface area contributed by atoms with Crippen LogP contribution in [0.4, 0.5) is 4.39 Å². The van der Waals surface area contributed by atoms with Gasteiger partial charge in [-0.15, -0.1) is 0 Å². The summed E-state index contributed by atoms with van der Waals surface area (Å²) < 4.78 is 18.5. The summed E-state index contributed by atoms with van der Waals surface area (Å²) in [4.78, 5) is 0. The van der Waals surface area contributed by atoms with Crippen LogP contribution in [0.2, 0.25) is 0 Å². The standard InChI is InChI=1S/C13H18FNO/c1-15-9-10-2-5-13(8-10)16-12-6-3-11(14)4-7-12/h3-4,6-7,10,13,15H,2,5,8-9H2,1H3. The fourth-order valence-electron chi connectivity index (χ4n) is 2.32. The van der Waals surface area contributed by atoms with Crippen molar-refractivity contribution in [3.63, 3.8) is 0 Å². The van der Waals surface area contributed by atoms with Gasteiger partial charge in [0.25, 0.3) is 0 Å². The minimum atomic E-state index is -0.216. The monoisotopic (exact) mass is 223 g/mol. The Morgan fingerprint density at radius 3 is 2.75 bits per heavy atom. The van der Waals surface area contributed by atoms with Gasteiger partial charge in [0.1, 0.15) is 11.6 Å². The smallest absolute Gasteiger partial charge is 0.123 e. The van der Waals surface area contributed by atoms with E-state index in [-0.39, 0.29) is 5.82 Å². The zero-order valence-corrected chi connectivity index (χ0v) is 9.58. The Morgan fingerprint density at radius 1 is 1.31 bits per heavy atom. The van der Waals surface area contributed by atoms with E-state index < -0.39 is 0 Å². The van der Waals surface area contributed by atoms with Crippen LogP contribution in [0.15, 0.2) is 24.3 Å². The zero-order chi connectivity index (χ0) is 11.4. The van der Waals surface area contributed by atoms with Gasteiger partial charge in [0.2, 0.25) is 0 Å². The minimum absolute atomic E-state index is 0.216. The van der Waals surface area contributed by atoms with E-state index >= 15 is 0 Å². The topological polar surface area (TPSA) is 21.3 Å². The first-order valence-corrected chi connectivity index (χ1v) is 5.84. The summed E-state index contributed by atoms with van der Waals surface area (Å²) in [5, 5.41) is 3.20. The predicted octanol–water partition coefficient (Wildman–Crippen LogP) is 2.59. The van der Waals surface area contributed by atoms with Gasteiger partial charge in [0, 0.05) is 0 Å². The first-order valence-electron chi connectivity index (χ1n) is 5.84. The summed E-state index contributed by atoms with van der Waals surface area (Å²) in [5.74, 6) is 1.28. The molecule has 1 aliphatic rings. The second kappa shape index (κ2) is 5.30. The highest BCUT2D eigenvalue weighted by Crippen LogP contribution is 2.28. The number of rotatable bonds is 4. The number of hydrogen-bond acceptors (Lipinski definition) is 2. The van der Waals surface area contributed by atoms with Crippen molar-refractivity contribution in [1.82, 2.24) is 5.32 Å². The second-order valence-electron chi connectivity index (χ2n) is 4.43. The van der Waals surface area contributed by atoms with E-state index in [1.165, 1.54) is 18.6 Å². The van der Waals surface area contributed by atoms with Crippen molar-refractivity contribution in [3.05, 3.63) is 30.1 Å². The summed E-state index contributed by atoms with van der Waals surface area (Å²) in [6.45, 7) is 1.06. The lowest BCUT2D eigenvalue weighted by Gasteiger charge is -2.14. The third-order valence-corrected chi connectivity index (χ3v) is 3.10. The zero-order valence-electron chi connectivity index (χ0n) is 9.58. The molecule has 1 aromatic carbocycles. The molecule has 0 heterocycles. The summed E-state index contributed by atoms with van der Waals surface area (Å²) >= 11 is 0. The van der Waals surface area contributed by atoms with Crippen molar-refractivity contribution in [3.8, 4) is 5.75 Å². The Bertz CT molecular complexity index is 325. The fraction of sp³-hybridized carbons (Fsp3) is 0.538. The van der Waals surface area contributed by atoms with Crippen LogP contribution in [0.5, 0.6) is 5.75 Å². The lowest BCUT2D eigenvalue weighted by Crippen LogP contribution is -2.18. The number of ether oxygens (including phenoxy) is 1. The van der Waals surface area contributed by atoms with Crippen LogP contribution in [0.1, 0.15) is 19.3 Å². The SMILES string of the molecule is CNCC1CCC(Oc2ccc(F)cc2)C1. The average Bonchev–Trinajstić information content (AvgIpc) is 2.70. The van der Waals surface area contributed by atoms with Gasteiger partial charge >= 0.3 is 0 Å². The molecule has 16 heavy (non-hydrogen) atoms. The van der Waals surface area contributed by atoms with E-state index in [1.807, 2.05) is 7.05 Å². The highest BCUT2D eigenvalue weighted by atomic mass is 19.1. The number of halogens is 1. The van der Waals surface area contributed by atoms with Crippen molar-refractivity contribution < 1.29 is 9.13 Å². The Labute approximate surface area is 95.8 Å². The minimum Gasteiger partial charge on any atom is -0.490 e. The molecule has 1 aliphatic carbocycles. The van der Waals surface area contributed by atoms with E-state index in [0.717, 1.165) is 31.1 Å². The largest absolute Gasteiger partial charge is 0.490 e. The summed E-state index contributed by atoms with van der Waals surface area (Å²) in [6.07, 6.45) is 3.71. The van der Waals surface area contributed by atoms with Crippen molar-refractivity contribution in [2.75, 3.05) is 13.6 Å². The van der Waals surface area contributed by atoms with Crippen molar-refractivity contribution in [2.24, 2.45) is 5.92 Å². The van der Waals surface area contributed by atoms with Crippen LogP contribution in [-0.4, -0.2) is 19.7 Å². The first kappa shape index (κ1) is 11.4. The van der Waals surface area contributed by atoms with Crippen LogP contribution in [0.3, 0.4) is 0 Å². The molecule has 0 aliphatic heterocycles. The number of hydrogen-bond donors (Lipinski definition) is 1. The van der Waals surface area contributed by atoms with Gasteiger partial charge in [-0.3, -0.25) is 0 Å². The molecule has 0 bridgehead atoms. The highest BCUT2D eigenvalue weighted by molar-refractivity contribution is 5.22. The van der Waals surface area contributed by atoms with Gasteiger partial charge in [-0.25, -0.2) is 4.39 Å². The Balaban J connectivity index is 1.84. The van der Waals surface area contributed by atoms with Crippen LogP contribution in [0, 0.1) is 11.7 Å². The van der Waals surface area contributed by atoms with Gasteiger partial charge < -0.3 is 10.1 Å². The van der Waals surface area contributed by atoms with E-state index in [2.05, 4.69) is 5.32 Å². The Kier molecular flexibility index (Phi) is 3.78. The van der Waals surface area contributed by atoms with Crippen molar-refractivity contribution >= 4 is 0 Å². The second-order valence-corrected chi connectivity index (χ2v) is 4.43. The van der Waals surface area contributed by atoms with E-state index in [9.17, 15) is 4.39 Å². The summed E-state index contributed by atoms with van der Waals surface area (Å²) in [6, 6.07) is 6.27. The first-order chi connectivity index (χ1) is 7.78. The van der Waals surface area contributed by atoms with Crippen LogP contribution in [0.25, 0.3) is 0 Å². The maximum Gasteiger partial charge on any atom is 0.123 e. The van der Waals surface area contributed by atoms with Gasteiger partial charge in [-0.2, -0.15) is 0 Å². The van der Waals surface area contributed by atoms with Crippen molar-refractivity contribution in [1.29, 1.82) is 0 Å². The van der Waals surface area contributed by atoms with Crippen LogP contribution >= 0.6 is 0 Å². The average molecular weight is 223 g/mol. The molecule has 88 valence electrons. The van der Waals surface area contributed by atoms with Gasteiger partial charge in [0.15, 0.2) is 0 Å². The third kappa shape index (κ3) is 2.95. The molecule has 1 aromatic rings. The van der Waals surface area contributed by atoms with Crippen LogP contribution < -0.4 is 10.1 Å². The molecular formula is C13H18FNO. The lowest BCUT2D eigenvalue weighted by atomic mass is 10.1. The molecule has 0 amide bonds. The molecule has 2 unspecified atom stereocenters. The number of nitrogens with one attached hydrogen (secondary N) is 1. The maximum atomic E-state index is 12.7. The molecular weight excluding hydrogens is 205 g/mol. The van der Waals surface area contributed by atoms with Gasteiger partial charge in [-0.1, -0.05) is 0 Å². The third-order valence-electron chi connectivity index (χ3n) is 3.10. The molecule has 3 heteroatoms. The summed E-state index contributed by atoms with van der Waals surface area (Å²) in [5.41, 5.74) is 0. The molecule has 2 rings (SSSR count). The Morgan fingerprint density at radius 2 is 2.06 bits per heavy atom. The molecule has 1 fully saturated rings. The van der Waals surface area contributed by atoms with E-state index in [1.54, 1.807) is 12.1 Å². The molecule has 0 aromatic heterocycles. The fourth-order valence-corrected chi connectivity index (χ4v) is 2.32. The normalized spacial score (nSPS) is 24.6. The maximum absolute atomic E-state index is 12.7. The van der Waals surface area contributed by atoms with Gasteiger partial charge in [0.05, 0.1) is 6.10 Å². The quantitative estimate of drug-likeness (QED) is 0.847. The van der Waals surface area contributed by atoms with E-state index in [4.69, 9.17) is 4.74 Å². The molecule has 0 radical (unpaired) electrons. The molecule has 1 saturated carbocycles.